The minimum atomic E-state index is -0.606. The third-order valence-electron chi connectivity index (χ3n) is 11.6. The number of carbonyl (C=O) groups is 2. The van der Waals surface area contributed by atoms with Crippen LogP contribution in [0.1, 0.15) is 92.4 Å². The Balaban J connectivity index is 1.58. The minimum absolute atomic E-state index is 0.0426. The van der Waals surface area contributed by atoms with E-state index >= 15 is 0 Å². The van der Waals surface area contributed by atoms with Crippen molar-refractivity contribution in [2.45, 2.75) is 111 Å². The van der Waals surface area contributed by atoms with Gasteiger partial charge in [-0.2, -0.15) is 0 Å². The van der Waals surface area contributed by atoms with Crippen molar-refractivity contribution in [3.05, 3.63) is 0 Å². The van der Waals surface area contributed by atoms with E-state index in [-0.39, 0.29) is 46.6 Å². The van der Waals surface area contributed by atoms with Crippen molar-refractivity contribution in [2.24, 2.45) is 52.3 Å². The van der Waals surface area contributed by atoms with Gasteiger partial charge in [0.25, 0.3) is 0 Å². The van der Waals surface area contributed by atoms with Gasteiger partial charge in [-0.05, 0) is 104 Å². The van der Waals surface area contributed by atoms with Crippen LogP contribution in [0.5, 0.6) is 0 Å². The maximum absolute atomic E-state index is 12.0. The zero-order valence-corrected chi connectivity index (χ0v) is 23.8. The maximum Gasteiger partial charge on any atom is 0.508 e. The number of rotatable bonds is 7. The van der Waals surface area contributed by atoms with Gasteiger partial charge in [-0.3, -0.25) is 4.79 Å². The van der Waals surface area contributed by atoms with Gasteiger partial charge < -0.3 is 24.4 Å². The average Bonchev–Trinajstić information content (AvgIpc) is 3.19. The van der Waals surface area contributed by atoms with Crippen LogP contribution in [0.25, 0.3) is 0 Å². The van der Waals surface area contributed by atoms with E-state index in [4.69, 9.17) is 14.2 Å². The van der Waals surface area contributed by atoms with Gasteiger partial charge in [0.15, 0.2) is 0 Å². The Labute approximate surface area is 223 Å². The standard InChI is InChI=1S/C30H50O7/c1-7-19-22-15-18(37-28(34)36-8-2)13-14-29(22,4)26-23(31)16-30(5)20(17(3)9-12-24(32)35-6)10-11-21(30)25(26)27(19)33/h17-23,25-27,31,33H,7-16H2,1-6H3/t17-,18-,19-,20?,21?,22+,23+,25?,26?,27-,29+,30-/m1/s1. The minimum Gasteiger partial charge on any atom is -0.469 e. The lowest BCUT2D eigenvalue weighted by Crippen LogP contribution is -2.66. The molecule has 0 saturated heterocycles. The van der Waals surface area contributed by atoms with Gasteiger partial charge in [-0.25, -0.2) is 4.79 Å². The Bertz CT molecular complexity index is 831. The highest BCUT2D eigenvalue weighted by atomic mass is 16.7. The van der Waals surface area contributed by atoms with Crippen LogP contribution in [0, 0.1) is 52.3 Å². The average molecular weight is 523 g/mol. The number of hydrogen-bond acceptors (Lipinski definition) is 7. The second-order valence-electron chi connectivity index (χ2n) is 13.1. The Hall–Kier alpha value is -1.34. The normalized spacial score (nSPS) is 45.7. The molecule has 4 saturated carbocycles. The SMILES string of the molecule is CCOC(=O)O[C@@H]1CC[C@]2(C)C3C(C4CCC([C@H](C)CCC(=O)OC)[C@@]4(C)C[C@@H]3O)[C@H](O)[C@H](CC)[C@@H]2C1. The van der Waals surface area contributed by atoms with E-state index in [2.05, 4.69) is 27.7 Å². The topological polar surface area (TPSA) is 102 Å². The van der Waals surface area contributed by atoms with E-state index < -0.39 is 18.4 Å². The molecule has 7 nitrogen and oxygen atoms in total. The van der Waals surface area contributed by atoms with Gasteiger partial charge in [0.1, 0.15) is 6.10 Å². The Kier molecular flexibility index (Phi) is 8.55. The molecule has 0 heterocycles. The van der Waals surface area contributed by atoms with Gasteiger partial charge >= 0.3 is 12.1 Å². The van der Waals surface area contributed by atoms with E-state index in [1.165, 1.54) is 7.11 Å². The van der Waals surface area contributed by atoms with E-state index in [1.54, 1.807) is 6.92 Å². The molecule has 12 atom stereocenters. The number of fused-ring (bicyclic) bond motifs is 5. The first-order valence-electron chi connectivity index (χ1n) is 14.8. The summed E-state index contributed by atoms with van der Waals surface area (Å²) in [6, 6.07) is 0. The van der Waals surface area contributed by atoms with Crippen LogP contribution in [0.15, 0.2) is 0 Å². The molecule has 4 unspecified atom stereocenters. The first-order valence-corrected chi connectivity index (χ1v) is 14.8. The number of methoxy groups -OCH3 is 1. The van der Waals surface area contributed by atoms with Gasteiger partial charge in [-0.1, -0.05) is 34.1 Å². The molecule has 0 aromatic carbocycles. The van der Waals surface area contributed by atoms with Crippen LogP contribution in [0.2, 0.25) is 0 Å². The first-order chi connectivity index (χ1) is 17.5. The third-order valence-corrected chi connectivity index (χ3v) is 11.6. The molecule has 2 N–H and O–H groups in total. The molecule has 4 aliphatic carbocycles. The third kappa shape index (κ3) is 4.92. The Morgan fingerprint density at radius 1 is 1.05 bits per heavy atom. The predicted molar refractivity (Wildman–Crippen MR) is 139 cm³/mol. The molecule has 0 spiro atoms. The number of aliphatic hydroxyl groups is 2. The van der Waals surface area contributed by atoms with Crippen LogP contribution in [-0.2, 0) is 19.0 Å². The number of ether oxygens (including phenoxy) is 3. The van der Waals surface area contributed by atoms with Crippen LogP contribution >= 0.6 is 0 Å². The maximum atomic E-state index is 12.0. The Morgan fingerprint density at radius 3 is 2.43 bits per heavy atom. The molecule has 0 aromatic rings. The molecule has 212 valence electrons. The molecule has 7 heteroatoms. The van der Waals surface area contributed by atoms with Crippen molar-refractivity contribution in [1.29, 1.82) is 0 Å². The molecule has 0 bridgehead atoms. The summed E-state index contributed by atoms with van der Waals surface area (Å²) in [5.41, 5.74) is -0.156. The van der Waals surface area contributed by atoms with Crippen LogP contribution < -0.4 is 0 Å². The summed E-state index contributed by atoms with van der Waals surface area (Å²) >= 11 is 0. The number of esters is 1. The molecule has 0 aliphatic heterocycles. The van der Waals surface area contributed by atoms with Crippen molar-refractivity contribution in [3.8, 4) is 0 Å². The summed E-state index contributed by atoms with van der Waals surface area (Å²) in [5, 5.41) is 23.8. The van der Waals surface area contributed by atoms with Gasteiger partial charge in [0, 0.05) is 6.42 Å². The highest BCUT2D eigenvalue weighted by Gasteiger charge is 2.67. The molecule has 0 amide bonds. The lowest BCUT2D eigenvalue weighted by atomic mass is 9.40. The van der Waals surface area contributed by atoms with Crippen molar-refractivity contribution in [3.63, 3.8) is 0 Å². The second-order valence-corrected chi connectivity index (χ2v) is 13.1. The van der Waals surface area contributed by atoms with E-state index in [0.29, 0.717) is 30.8 Å². The van der Waals surface area contributed by atoms with Gasteiger partial charge in [0.05, 0.1) is 25.9 Å². The smallest absolute Gasteiger partial charge is 0.469 e. The number of aliphatic hydroxyl groups excluding tert-OH is 2. The fourth-order valence-corrected chi connectivity index (χ4v) is 10.1. The summed E-state index contributed by atoms with van der Waals surface area (Å²) in [7, 11) is 1.44. The number of hydrogen-bond donors (Lipinski definition) is 2. The van der Waals surface area contributed by atoms with Crippen molar-refractivity contribution in [2.75, 3.05) is 13.7 Å². The highest BCUT2D eigenvalue weighted by Crippen LogP contribution is 2.69. The molecular formula is C30H50O7. The fourth-order valence-electron chi connectivity index (χ4n) is 10.1. The van der Waals surface area contributed by atoms with Crippen LogP contribution in [0.4, 0.5) is 4.79 Å². The van der Waals surface area contributed by atoms with E-state index in [1.807, 2.05) is 0 Å². The molecule has 4 fully saturated rings. The fraction of sp³-hybridized carbons (Fsp3) is 0.933. The second kappa shape index (κ2) is 11.0. The lowest BCUT2D eigenvalue weighted by Gasteiger charge is -2.66. The lowest BCUT2D eigenvalue weighted by molar-refractivity contribution is -0.236. The quantitative estimate of drug-likeness (QED) is 0.434. The van der Waals surface area contributed by atoms with Gasteiger partial charge in [-0.15, -0.1) is 0 Å². The molecule has 4 aliphatic rings. The van der Waals surface area contributed by atoms with Crippen molar-refractivity contribution >= 4 is 12.1 Å². The summed E-state index contributed by atoms with van der Waals surface area (Å²) in [6.07, 6.45) is 5.61. The summed E-state index contributed by atoms with van der Waals surface area (Å²) in [6.45, 7) is 11.2. The highest BCUT2D eigenvalue weighted by molar-refractivity contribution is 5.69. The summed E-state index contributed by atoms with van der Waals surface area (Å²) < 4.78 is 15.6. The Morgan fingerprint density at radius 2 is 1.78 bits per heavy atom. The molecule has 4 rings (SSSR count). The van der Waals surface area contributed by atoms with Crippen LogP contribution in [0.3, 0.4) is 0 Å². The van der Waals surface area contributed by atoms with Gasteiger partial charge in [0.2, 0.25) is 0 Å². The first kappa shape index (κ1) is 28.7. The zero-order chi connectivity index (χ0) is 27.1. The summed E-state index contributed by atoms with van der Waals surface area (Å²) in [5.74, 6) is 1.40. The summed E-state index contributed by atoms with van der Waals surface area (Å²) in [4.78, 5) is 23.8. The molecule has 37 heavy (non-hydrogen) atoms. The van der Waals surface area contributed by atoms with E-state index in [0.717, 1.165) is 51.4 Å². The van der Waals surface area contributed by atoms with Crippen LogP contribution in [-0.4, -0.2) is 54.4 Å². The van der Waals surface area contributed by atoms with Crippen molar-refractivity contribution in [1.82, 2.24) is 0 Å². The monoisotopic (exact) mass is 522 g/mol. The number of carbonyl (C=O) groups excluding carboxylic acids is 2. The molecule has 0 radical (unpaired) electrons. The molecular weight excluding hydrogens is 472 g/mol. The predicted octanol–water partition coefficient (Wildman–Crippen LogP) is 5.35. The van der Waals surface area contributed by atoms with Crippen molar-refractivity contribution < 1.29 is 34.0 Å². The van der Waals surface area contributed by atoms with E-state index in [9.17, 15) is 19.8 Å². The zero-order valence-electron chi connectivity index (χ0n) is 23.8. The largest absolute Gasteiger partial charge is 0.508 e. The molecule has 0 aromatic heterocycles.